The normalized spacial score (nSPS) is 10.5. The lowest BCUT2D eigenvalue weighted by atomic mass is 10.2. The molecular formula is C13H10Br2FN3. The van der Waals surface area contributed by atoms with Crippen molar-refractivity contribution in [1.29, 1.82) is 5.26 Å². The van der Waals surface area contributed by atoms with Crippen LogP contribution in [0.3, 0.4) is 0 Å². The predicted molar refractivity (Wildman–Crippen MR) is 79.7 cm³/mol. The lowest BCUT2D eigenvalue weighted by Gasteiger charge is -2.13. The first-order chi connectivity index (χ1) is 8.88. The highest BCUT2D eigenvalue weighted by atomic mass is 79.9. The topological polar surface area (TPSA) is 54.7 Å². The van der Waals surface area contributed by atoms with E-state index in [1.807, 2.05) is 0 Å². The van der Waals surface area contributed by atoms with Gasteiger partial charge in [-0.15, -0.1) is 0 Å². The van der Waals surface area contributed by atoms with E-state index >= 15 is 0 Å². The predicted octanol–water partition coefficient (Wildman–Crippen LogP) is 4.21. The lowest BCUT2D eigenvalue weighted by molar-refractivity contribution is 0.615. The van der Waals surface area contributed by atoms with E-state index in [2.05, 4.69) is 37.9 Å². The van der Waals surface area contributed by atoms with E-state index in [1.54, 1.807) is 24.5 Å². The fourth-order valence-electron chi connectivity index (χ4n) is 2.01. The lowest BCUT2D eigenvalue weighted by Crippen LogP contribution is -2.06. The molecule has 2 rings (SSSR count). The van der Waals surface area contributed by atoms with Gasteiger partial charge in [0.1, 0.15) is 17.7 Å². The number of rotatable bonds is 1. The van der Waals surface area contributed by atoms with Gasteiger partial charge in [-0.1, -0.05) is 15.9 Å². The summed E-state index contributed by atoms with van der Waals surface area (Å²) >= 11 is 6.56. The van der Waals surface area contributed by atoms with Gasteiger partial charge in [0.15, 0.2) is 0 Å². The summed E-state index contributed by atoms with van der Waals surface area (Å²) in [6, 6.07) is 5.15. The number of aromatic nitrogens is 1. The third-order valence-corrected chi connectivity index (χ3v) is 4.13. The van der Waals surface area contributed by atoms with Crippen LogP contribution < -0.4 is 5.73 Å². The van der Waals surface area contributed by atoms with Crippen molar-refractivity contribution in [3.8, 4) is 11.8 Å². The van der Waals surface area contributed by atoms with Crippen LogP contribution in [0.2, 0.25) is 0 Å². The van der Waals surface area contributed by atoms with Crippen molar-refractivity contribution in [3.05, 3.63) is 43.7 Å². The molecule has 0 bridgehead atoms. The third kappa shape index (κ3) is 2.17. The molecule has 2 aromatic rings. The van der Waals surface area contributed by atoms with Crippen molar-refractivity contribution in [2.24, 2.45) is 0 Å². The summed E-state index contributed by atoms with van der Waals surface area (Å²) in [6.45, 7) is 3.60. The quantitative estimate of drug-likeness (QED) is 0.797. The number of nitrogen functional groups attached to an aromatic ring is 1. The third-order valence-electron chi connectivity index (χ3n) is 3.07. The second-order valence-corrected chi connectivity index (χ2v) is 5.91. The van der Waals surface area contributed by atoms with Crippen LogP contribution in [0.15, 0.2) is 21.1 Å². The smallest absolute Gasteiger partial charge is 0.149 e. The van der Waals surface area contributed by atoms with Gasteiger partial charge < -0.3 is 5.73 Å². The SMILES string of the molecule is Cc1c(C#N)c(N)n(-c2c(F)cc(Br)cc2Br)c1C. The Morgan fingerprint density at radius 3 is 2.42 bits per heavy atom. The molecule has 0 radical (unpaired) electrons. The molecule has 6 heteroatoms. The van der Waals surface area contributed by atoms with Gasteiger partial charge in [0, 0.05) is 14.6 Å². The molecule has 0 aliphatic carbocycles. The molecule has 1 aromatic carbocycles. The second kappa shape index (κ2) is 4.99. The summed E-state index contributed by atoms with van der Waals surface area (Å²) in [5.74, 6) is -0.171. The Balaban J connectivity index is 2.85. The summed E-state index contributed by atoms with van der Waals surface area (Å²) in [5, 5.41) is 9.11. The molecule has 3 nitrogen and oxygen atoms in total. The molecule has 0 amide bonds. The average Bonchev–Trinajstić information content (AvgIpc) is 2.52. The minimum atomic E-state index is -0.421. The number of benzene rings is 1. The van der Waals surface area contributed by atoms with Crippen LogP contribution in [-0.2, 0) is 0 Å². The molecule has 0 fully saturated rings. The van der Waals surface area contributed by atoms with E-state index in [0.29, 0.717) is 20.2 Å². The second-order valence-electron chi connectivity index (χ2n) is 4.14. The van der Waals surface area contributed by atoms with Gasteiger partial charge in [-0.05, 0) is 47.5 Å². The van der Waals surface area contributed by atoms with Gasteiger partial charge in [0.2, 0.25) is 0 Å². The van der Waals surface area contributed by atoms with Gasteiger partial charge in [-0.25, -0.2) is 4.39 Å². The molecule has 1 heterocycles. The highest BCUT2D eigenvalue weighted by Gasteiger charge is 2.20. The Hall–Kier alpha value is -1.32. The number of nitriles is 1. The number of hydrogen-bond acceptors (Lipinski definition) is 2. The summed E-state index contributed by atoms with van der Waals surface area (Å²) in [4.78, 5) is 0. The molecule has 98 valence electrons. The monoisotopic (exact) mass is 385 g/mol. The highest BCUT2D eigenvalue weighted by molar-refractivity contribution is 9.11. The van der Waals surface area contributed by atoms with Gasteiger partial charge in [0.25, 0.3) is 0 Å². The van der Waals surface area contributed by atoms with E-state index in [4.69, 9.17) is 11.0 Å². The van der Waals surface area contributed by atoms with Crippen LogP contribution in [0.25, 0.3) is 5.69 Å². The molecule has 2 N–H and O–H groups in total. The minimum Gasteiger partial charge on any atom is -0.384 e. The van der Waals surface area contributed by atoms with Crippen LogP contribution in [-0.4, -0.2) is 4.57 Å². The Kier molecular flexibility index (Phi) is 3.70. The standard InChI is InChI=1S/C13H10Br2FN3/c1-6-7(2)19(13(18)9(6)5-17)12-10(15)3-8(14)4-11(12)16/h3-4H,18H2,1-2H3. The minimum absolute atomic E-state index is 0.249. The van der Waals surface area contributed by atoms with E-state index in [-0.39, 0.29) is 5.82 Å². The van der Waals surface area contributed by atoms with Crippen molar-refractivity contribution < 1.29 is 4.39 Å². The van der Waals surface area contributed by atoms with Gasteiger partial charge in [0.05, 0.1) is 11.3 Å². The van der Waals surface area contributed by atoms with Crippen LogP contribution in [0.4, 0.5) is 10.2 Å². The summed E-state index contributed by atoms with van der Waals surface area (Å²) in [7, 11) is 0. The van der Waals surface area contributed by atoms with Gasteiger partial charge >= 0.3 is 0 Å². The van der Waals surface area contributed by atoms with E-state index in [1.165, 1.54) is 6.07 Å². The summed E-state index contributed by atoms with van der Waals surface area (Å²) < 4.78 is 16.9. The maximum Gasteiger partial charge on any atom is 0.149 e. The van der Waals surface area contributed by atoms with E-state index in [0.717, 1.165) is 11.3 Å². The van der Waals surface area contributed by atoms with Crippen LogP contribution >= 0.6 is 31.9 Å². The number of halogens is 3. The molecule has 0 spiro atoms. The Morgan fingerprint density at radius 2 is 1.95 bits per heavy atom. The Labute approximate surface area is 127 Å². The zero-order chi connectivity index (χ0) is 14.3. The first-order valence-electron chi connectivity index (χ1n) is 5.40. The summed E-state index contributed by atoms with van der Waals surface area (Å²) in [6.07, 6.45) is 0. The van der Waals surface area contributed by atoms with Crippen molar-refractivity contribution in [2.75, 3.05) is 5.73 Å². The molecule has 19 heavy (non-hydrogen) atoms. The number of nitrogens with two attached hydrogens (primary N) is 1. The molecule has 0 atom stereocenters. The van der Waals surface area contributed by atoms with Crippen LogP contribution in [0.1, 0.15) is 16.8 Å². The Morgan fingerprint density at radius 1 is 1.32 bits per heavy atom. The van der Waals surface area contributed by atoms with E-state index < -0.39 is 5.82 Å². The molecule has 0 saturated heterocycles. The number of nitrogens with zero attached hydrogens (tertiary/aromatic N) is 2. The molecular weight excluding hydrogens is 377 g/mol. The zero-order valence-corrected chi connectivity index (χ0v) is 13.4. The maximum absolute atomic E-state index is 14.2. The molecule has 0 unspecified atom stereocenters. The van der Waals surface area contributed by atoms with Crippen LogP contribution in [0, 0.1) is 31.0 Å². The molecule has 0 saturated carbocycles. The Bertz CT molecular complexity index is 691. The largest absolute Gasteiger partial charge is 0.384 e. The van der Waals surface area contributed by atoms with Crippen molar-refractivity contribution in [1.82, 2.24) is 4.57 Å². The van der Waals surface area contributed by atoms with Gasteiger partial charge in [-0.2, -0.15) is 5.26 Å². The fourth-order valence-corrected chi connectivity index (χ4v) is 3.36. The average molecular weight is 387 g/mol. The van der Waals surface area contributed by atoms with Crippen molar-refractivity contribution in [3.63, 3.8) is 0 Å². The van der Waals surface area contributed by atoms with Crippen LogP contribution in [0.5, 0.6) is 0 Å². The number of hydrogen-bond donors (Lipinski definition) is 1. The molecule has 0 aliphatic rings. The van der Waals surface area contributed by atoms with E-state index in [9.17, 15) is 4.39 Å². The molecule has 0 aliphatic heterocycles. The van der Waals surface area contributed by atoms with Crippen molar-refractivity contribution >= 4 is 37.7 Å². The zero-order valence-electron chi connectivity index (χ0n) is 10.3. The first kappa shape index (κ1) is 14.1. The fraction of sp³-hybridized carbons (Fsp3) is 0.154. The maximum atomic E-state index is 14.2. The highest BCUT2D eigenvalue weighted by Crippen LogP contribution is 2.34. The first-order valence-corrected chi connectivity index (χ1v) is 6.99. The van der Waals surface area contributed by atoms with Crippen molar-refractivity contribution in [2.45, 2.75) is 13.8 Å². The summed E-state index contributed by atoms with van der Waals surface area (Å²) in [5.41, 5.74) is 8.16. The molecule has 1 aromatic heterocycles. The number of anilines is 1. The van der Waals surface area contributed by atoms with Gasteiger partial charge in [-0.3, -0.25) is 4.57 Å².